The molecule has 0 bridgehead atoms. The van der Waals surface area contributed by atoms with Gasteiger partial charge in [-0.15, -0.1) is 0 Å². The molecule has 2 atom stereocenters. The fraction of sp³-hybridized carbons (Fsp3) is 0.391. The largest absolute Gasteiger partial charge is 0.417 e. The summed E-state index contributed by atoms with van der Waals surface area (Å²) >= 11 is 0. The predicted octanol–water partition coefficient (Wildman–Crippen LogP) is 2.37. The molecule has 13 heteroatoms. The highest BCUT2D eigenvalue weighted by Crippen LogP contribution is 2.29. The first kappa shape index (κ1) is 25.1. The molecule has 3 N–H and O–H groups in total. The number of halogens is 3. The zero-order chi connectivity index (χ0) is 25.5. The van der Waals surface area contributed by atoms with Crippen molar-refractivity contribution in [3.63, 3.8) is 0 Å². The molecule has 3 heterocycles. The molecule has 36 heavy (non-hydrogen) atoms. The van der Waals surface area contributed by atoms with E-state index in [2.05, 4.69) is 36.3 Å². The Kier molecular flexibility index (Phi) is 7.76. The Morgan fingerprint density at radius 1 is 1.14 bits per heavy atom. The maximum atomic E-state index is 12.6. The maximum absolute atomic E-state index is 12.6. The van der Waals surface area contributed by atoms with E-state index in [4.69, 9.17) is 4.52 Å². The molecular formula is C23H24F3N7O3. The van der Waals surface area contributed by atoms with Crippen molar-refractivity contribution in [1.82, 2.24) is 31.3 Å². The molecule has 0 spiro atoms. The Hall–Kier alpha value is -4.03. The Balaban J connectivity index is 1.14. The van der Waals surface area contributed by atoms with Crippen LogP contribution in [0, 0.1) is 11.8 Å². The summed E-state index contributed by atoms with van der Waals surface area (Å²) in [5, 5.41) is 6.56. The lowest BCUT2D eigenvalue weighted by Gasteiger charge is -2.31. The molecule has 2 unspecified atom stereocenters. The fourth-order valence-corrected chi connectivity index (χ4v) is 3.71. The second-order valence-electron chi connectivity index (χ2n) is 8.20. The van der Waals surface area contributed by atoms with E-state index in [1.54, 1.807) is 0 Å². The Labute approximate surface area is 204 Å². The molecule has 190 valence electrons. The van der Waals surface area contributed by atoms with Gasteiger partial charge in [-0.25, -0.2) is 0 Å². The van der Waals surface area contributed by atoms with Crippen LogP contribution in [0.15, 0.2) is 52.1 Å². The van der Waals surface area contributed by atoms with Gasteiger partial charge in [0.2, 0.25) is 23.5 Å². The standard InChI is InChI=1S/C23H24F3N7O3/c24-23(25,26)14-9-10-17(29-13-14)21-30-19(36-33-21)8-3-7-18(34)27-11-4-12-28-20-15-5-1-2-6-16(15)22(35)32-31-20/h1-2,5-6,9-10,13,15-16H,3-4,7-8,11-12H2,(H,27,34)(H,28,31)(H,32,35). The number of hydrogen-bond donors (Lipinski definition) is 3. The van der Waals surface area contributed by atoms with Crippen LogP contribution < -0.4 is 16.2 Å². The molecule has 2 aliphatic rings. The van der Waals surface area contributed by atoms with Crippen LogP contribution in [-0.4, -0.2) is 45.9 Å². The SMILES string of the molecule is O=C(CCCc1nc(-c2ccc(C(F)(F)F)cn2)no1)NCCCN=C1NNC(=O)C2C=CC=CC12. The van der Waals surface area contributed by atoms with Crippen LogP contribution in [0.25, 0.3) is 11.5 Å². The van der Waals surface area contributed by atoms with Gasteiger partial charge in [0, 0.05) is 32.1 Å². The van der Waals surface area contributed by atoms with Gasteiger partial charge >= 0.3 is 6.18 Å². The van der Waals surface area contributed by atoms with E-state index < -0.39 is 11.7 Å². The summed E-state index contributed by atoms with van der Waals surface area (Å²) in [6, 6.07) is 2.08. The highest BCUT2D eigenvalue weighted by Gasteiger charge is 2.34. The number of amides is 2. The summed E-state index contributed by atoms with van der Waals surface area (Å²) in [6.45, 7) is 0.943. The van der Waals surface area contributed by atoms with Crippen molar-refractivity contribution in [3.05, 3.63) is 54.1 Å². The van der Waals surface area contributed by atoms with Crippen molar-refractivity contribution in [2.75, 3.05) is 13.1 Å². The summed E-state index contributed by atoms with van der Waals surface area (Å²) in [6.07, 6.45) is 5.44. The maximum Gasteiger partial charge on any atom is 0.417 e. The molecule has 1 aliphatic carbocycles. The number of fused-ring (bicyclic) bond motifs is 1. The third kappa shape index (κ3) is 6.34. The number of rotatable bonds is 9. The second-order valence-corrected chi connectivity index (χ2v) is 8.20. The number of pyridine rings is 1. The third-order valence-electron chi connectivity index (χ3n) is 5.59. The van der Waals surface area contributed by atoms with E-state index in [0.717, 1.165) is 6.07 Å². The Bertz CT molecular complexity index is 1170. The number of amidine groups is 1. The van der Waals surface area contributed by atoms with Gasteiger partial charge in [-0.05, 0) is 25.0 Å². The average molecular weight is 503 g/mol. The summed E-state index contributed by atoms with van der Waals surface area (Å²) in [4.78, 5) is 36.3. The number of allylic oxidation sites excluding steroid dienone is 2. The summed E-state index contributed by atoms with van der Waals surface area (Å²) < 4.78 is 43.0. The molecule has 1 saturated heterocycles. The fourth-order valence-electron chi connectivity index (χ4n) is 3.71. The number of aliphatic imine (C=N–C) groups is 1. The number of alkyl halides is 3. The monoisotopic (exact) mass is 503 g/mol. The first-order valence-electron chi connectivity index (χ1n) is 11.4. The average Bonchev–Trinajstić information content (AvgIpc) is 3.34. The molecule has 4 rings (SSSR count). The van der Waals surface area contributed by atoms with Crippen LogP contribution in [0.5, 0.6) is 0 Å². The lowest BCUT2D eigenvalue weighted by atomic mass is 9.85. The van der Waals surface area contributed by atoms with Gasteiger partial charge in [-0.1, -0.05) is 29.5 Å². The smallest absolute Gasteiger partial charge is 0.356 e. The minimum atomic E-state index is -4.47. The van der Waals surface area contributed by atoms with Crippen molar-refractivity contribution in [2.45, 2.75) is 31.9 Å². The van der Waals surface area contributed by atoms with Crippen LogP contribution in [0.2, 0.25) is 0 Å². The van der Waals surface area contributed by atoms with Gasteiger partial charge in [0.15, 0.2) is 0 Å². The minimum Gasteiger partial charge on any atom is -0.356 e. The quantitative estimate of drug-likeness (QED) is 0.447. The molecular weight excluding hydrogens is 479 g/mol. The van der Waals surface area contributed by atoms with Crippen LogP contribution in [0.1, 0.15) is 30.7 Å². The van der Waals surface area contributed by atoms with E-state index in [1.165, 1.54) is 6.07 Å². The molecule has 2 aromatic heterocycles. The van der Waals surface area contributed by atoms with E-state index in [-0.39, 0.29) is 47.5 Å². The van der Waals surface area contributed by atoms with E-state index in [0.29, 0.717) is 44.4 Å². The van der Waals surface area contributed by atoms with E-state index >= 15 is 0 Å². The van der Waals surface area contributed by atoms with Gasteiger partial charge in [0.1, 0.15) is 11.5 Å². The number of carbonyl (C=O) groups excluding carboxylic acids is 2. The third-order valence-corrected chi connectivity index (χ3v) is 5.59. The van der Waals surface area contributed by atoms with Crippen molar-refractivity contribution in [1.29, 1.82) is 0 Å². The summed E-state index contributed by atoms with van der Waals surface area (Å²) in [7, 11) is 0. The van der Waals surface area contributed by atoms with Gasteiger partial charge in [0.05, 0.1) is 17.4 Å². The highest BCUT2D eigenvalue weighted by molar-refractivity contribution is 5.98. The second kappa shape index (κ2) is 11.1. The zero-order valence-corrected chi connectivity index (χ0v) is 19.1. The van der Waals surface area contributed by atoms with Crippen LogP contribution >= 0.6 is 0 Å². The van der Waals surface area contributed by atoms with E-state index in [1.807, 2.05) is 24.3 Å². The number of nitrogens with one attached hydrogen (secondary N) is 3. The van der Waals surface area contributed by atoms with Crippen LogP contribution in [0.3, 0.4) is 0 Å². The number of hydrazine groups is 1. The lowest BCUT2D eigenvalue weighted by Crippen LogP contribution is -2.55. The number of nitrogens with zero attached hydrogens (tertiary/aromatic N) is 4. The van der Waals surface area contributed by atoms with Gasteiger partial charge in [-0.2, -0.15) is 18.2 Å². The number of hydrogen-bond acceptors (Lipinski definition) is 7. The molecule has 2 aromatic rings. The minimum absolute atomic E-state index is 0.0860. The Morgan fingerprint density at radius 2 is 1.94 bits per heavy atom. The summed E-state index contributed by atoms with van der Waals surface area (Å²) in [5.74, 6) is 0.441. The molecule has 0 saturated carbocycles. The molecule has 10 nitrogen and oxygen atoms in total. The predicted molar refractivity (Wildman–Crippen MR) is 122 cm³/mol. The number of carbonyl (C=O) groups is 2. The summed E-state index contributed by atoms with van der Waals surface area (Å²) in [5.41, 5.74) is 4.75. The van der Waals surface area contributed by atoms with Gasteiger partial charge in [0.25, 0.3) is 0 Å². The molecule has 0 radical (unpaired) electrons. The Morgan fingerprint density at radius 3 is 2.69 bits per heavy atom. The van der Waals surface area contributed by atoms with Crippen molar-refractivity contribution in [2.24, 2.45) is 16.8 Å². The van der Waals surface area contributed by atoms with E-state index in [9.17, 15) is 22.8 Å². The number of aromatic nitrogens is 3. The molecule has 0 aromatic carbocycles. The normalized spacial score (nSPS) is 20.1. The van der Waals surface area contributed by atoms with Crippen LogP contribution in [0.4, 0.5) is 13.2 Å². The highest BCUT2D eigenvalue weighted by atomic mass is 19.4. The molecule has 1 aliphatic heterocycles. The topological polar surface area (TPSA) is 134 Å². The van der Waals surface area contributed by atoms with Crippen LogP contribution in [-0.2, 0) is 22.2 Å². The van der Waals surface area contributed by atoms with Crippen molar-refractivity contribution in [3.8, 4) is 11.5 Å². The number of aryl methyl sites for hydroxylation is 1. The van der Waals surface area contributed by atoms with Gasteiger partial charge in [-0.3, -0.25) is 30.4 Å². The van der Waals surface area contributed by atoms with Gasteiger partial charge < -0.3 is 9.84 Å². The van der Waals surface area contributed by atoms with Crippen molar-refractivity contribution < 1.29 is 27.3 Å². The van der Waals surface area contributed by atoms with Crippen molar-refractivity contribution >= 4 is 17.6 Å². The zero-order valence-electron chi connectivity index (χ0n) is 19.1. The lowest BCUT2D eigenvalue weighted by molar-refractivity contribution is -0.137. The molecule has 1 fully saturated rings. The first-order valence-corrected chi connectivity index (χ1v) is 11.4. The first-order chi connectivity index (χ1) is 17.3. The molecule has 2 amide bonds.